The molecule has 6 heteroatoms. The summed E-state index contributed by atoms with van der Waals surface area (Å²) in [5.74, 6) is 0.757. The van der Waals surface area contributed by atoms with Crippen molar-refractivity contribution in [2.24, 2.45) is 0 Å². The lowest BCUT2D eigenvalue weighted by Crippen LogP contribution is -2.40. The Morgan fingerprint density at radius 2 is 2.19 bits per heavy atom. The highest BCUT2D eigenvalue weighted by Gasteiger charge is 2.28. The Bertz CT molecular complexity index is 712. The summed E-state index contributed by atoms with van der Waals surface area (Å²) < 4.78 is 5.38. The lowest BCUT2D eigenvalue weighted by molar-refractivity contribution is 0.0513. The van der Waals surface area contributed by atoms with Gasteiger partial charge in [-0.2, -0.15) is 0 Å². The van der Waals surface area contributed by atoms with E-state index in [0.717, 1.165) is 0 Å². The van der Waals surface area contributed by atoms with E-state index in [9.17, 15) is 14.7 Å². The Morgan fingerprint density at radius 1 is 1.48 bits per heavy atom. The van der Waals surface area contributed by atoms with Crippen molar-refractivity contribution in [2.75, 3.05) is 6.54 Å². The minimum Gasteiger partial charge on any atom is -0.466 e. The molecule has 1 atom stereocenters. The number of hydrogen-bond acceptors (Lipinski definition) is 4. The molecular weight excluding hydrogens is 272 g/mol. The fourth-order valence-electron chi connectivity index (χ4n) is 2.21. The molecule has 2 aromatic heterocycles. The minimum atomic E-state index is -1.28. The third-order valence-electron chi connectivity index (χ3n) is 3.28. The van der Waals surface area contributed by atoms with Gasteiger partial charge in [-0.15, -0.1) is 0 Å². The van der Waals surface area contributed by atoms with Gasteiger partial charge in [-0.25, -0.2) is 0 Å². The predicted molar refractivity (Wildman–Crippen MR) is 77.1 cm³/mol. The van der Waals surface area contributed by atoms with E-state index in [1.54, 1.807) is 32.9 Å². The van der Waals surface area contributed by atoms with Gasteiger partial charge in [-0.3, -0.25) is 9.59 Å². The van der Waals surface area contributed by atoms with Gasteiger partial charge in [-0.05, 0) is 39.0 Å². The van der Waals surface area contributed by atoms with Gasteiger partial charge in [0.15, 0.2) is 0 Å². The molecule has 2 heterocycles. The van der Waals surface area contributed by atoms with Crippen molar-refractivity contribution in [3.05, 3.63) is 57.4 Å². The Balaban J connectivity index is 2.12. The molecule has 1 unspecified atom stereocenters. The first-order valence-corrected chi connectivity index (χ1v) is 6.57. The van der Waals surface area contributed by atoms with Gasteiger partial charge in [-0.1, -0.05) is 0 Å². The number of amides is 1. The summed E-state index contributed by atoms with van der Waals surface area (Å²) in [4.78, 5) is 25.9. The Morgan fingerprint density at radius 3 is 2.76 bits per heavy atom. The monoisotopic (exact) mass is 290 g/mol. The first-order valence-electron chi connectivity index (χ1n) is 6.57. The van der Waals surface area contributed by atoms with Gasteiger partial charge in [0.25, 0.3) is 11.5 Å². The van der Waals surface area contributed by atoms with Crippen molar-refractivity contribution in [3.8, 4) is 0 Å². The van der Waals surface area contributed by atoms with Gasteiger partial charge < -0.3 is 19.8 Å². The molecule has 0 aliphatic heterocycles. The van der Waals surface area contributed by atoms with Gasteiger partial charge >= 0.3 is 0 Å². The van der Waals surface area contributed by atoms with E-state index in [4.69, 9.17) is 4.42 Å². The topological polar surface area (TPSA) is 95.3 Å². The Labute approximate surface area is 121 Å². The van der Waals surface area contributed by atoms with Crippen LogP contribution in [0.25, 0.3) is 0 Å². The van der Waals surface area contributed by atoms with Crippen LogP contribution in [0.2, 0.25) is 0 Å². The number of carbonyl (C=O) groups is 1. The number of aromatic amines is 1. The number of hydrogen-bond donors (Lipinski definition) is 3. The summed E-state index contributed by atoms with van der Waals surface area (Å²) in [7, 11) is 0. The normalized spacial score (nSPS) is 13.7. The number of aromatic nitrogens is 1. The van der Waals surface area contributed by atoms with E-state index in [2.05, 4.69) is 10.3 Å². The highest BCUT2D eigenvalue weighted by Crippen LogP contribution is 2.26. The van der Waals surface area contributed by atoms with Gasteiger partial charge in [0.05, 0.1) is 6.54 Å². The number of rotatable bonds is 4. The van der Waals surface area contributed by atoms with E-state index < -0.39 is 17.1 Å². The lowest BCUT2D eigenvalue weighted by Gasteiger charge is -2.23. The van der Waals surface area contributed by atoms with Crippen LogP contribution in [0.3, 0.4) is 0 Å². The Kier molecular flexibility index (Phi) is 3.99. The van der Waals surface area contributed by atoms with Crippen LogP contribution in [-0.2, 0) is 5.60 Å². The second-order valence-electron chi connectivity index (χ2n) is 5.20. The summed E-state index contributed by atoms with van der Waals surface area (Å²) >= 11 is 0. The molecule has 0 bridgehead atoms. The molecular formula is C15H18N2O4. The van der Waals surface area contributed by atoms with Crippen LogP contribution in [0.15, 0.2) is 33.6 Å². The molecule has 21 heavy (non-hydrogen) atoms. The molecule has 0 aromatic carbocycles. The molecule has 0 aliphatic carbocycles. The first kappa shape index (κ1) is 15.1. The molecule has 1 amide bonds. The quantitative estimate of drug-likeness (QED) is 0.789. The molecule has 112 valence electrons. The highest BCUT2D eigenvalue weighted by atomic mass is 16.3. The number of nitrogens with one attached hydrogen (secondary N) is 2. The molecule has 2 rings (SSSR count). The van der Waals surface area contributed by atoms with Crippen molar-refractivity contribution < 1.29 is 14.3 Å². The molecule has 0 radical (unpaired) electrons. The smallest absolute Gasteiger partial charge is 0.260 e. The van der Waals surface area contributed by atoms with E-state index in [1.807, 2.05) is 0 Å². The number of H-pyrrole nitrogens is 1. The fourth-order valence-corrected chi connectivity index (χ4v) is 2.21. The average Bonchev–Trinajstić information content (AvgIpc) is 2.76. The maximum Gasteiger partial charge on any atom is 0.260 e. The zero-order valence-corrected chi connectivity index (χ0v) is 12.2. The molecule has 0 spiro atoms. The van der Waals surface area contributed by atoms with Crippen LogP contribution in [0.4, 0.5) is 0 Å². The predicted octanol–water partition coefficient (Wildman–Crippen LogP) is 1.22. The van der Waals surface area contributed by atoms with Gasteiger partial charge in [0, 0.05) is 11.8 Å². The van der Waals surface area contributed by atoms with Crippen LogP contribution < -0.4 is 10.9 Å². The van der Waals surface area contributed by atoms with E-state index >= 15 is 0 Å². The first-order chi connectivity index (χ1) is 9.81. The van der Waals surface area contributed by atoms with Crippen LogP contribution in [0.1, 0.15) is 34.4 Å². The summed E-state index contributed by atoms with van der Waals surface area (Å²) in [5, 5.41) is 13.0. The van der Waals surface area contributed by atoms with E-state index in [-0.39, 0.29) is 12.1 Å². The van der Waals surface area contributed by atoms with Gasteiger partial charge in [0.1, 0.15) is 22.7 Å². The molecule has 6 nitrogen and oxygen atoms in total. The van der Waals surface area contributed by atoms with E-state index in [1.165, 1.54) is 12.3 Å². The fraction of sp³-hybridized carbons (Fsp3) is 0.333. The van der Waals surface area contributed by atoms with Crippen LogP contribution in [-0.4, -0.2) is 22.5 Å². The van der Waals surface area contributed by atoms with Crippen LogP contribution in [0, 0.1) is 13.8 Å². The largest absolute Gasteiger partial charge is 0.466 e. The number of pyridine rings is 1. The Hall–Kier alpha value is -2.34. The maximum atomic E-state index is 12.0. The number of furan rings is 1. The third kappa shape index (κ3) is 3.22. The summed E-state index contributed by atoms with van der Waals surface area (Å²) in [5.41, 5.74) is -1.13. The molecule has 2 aromatic rings. The SMILES string of the molecule is Cc1cc(C(C)(O)CNC(=O)c2ccc[nH]c2=O)c(C)o1. The minimum absolute atomic E-state index is 0.00777. The highest BCUT2D eigenvalue weighted by molar-refractivity contribution is 5.93. The zero-order valence-electron chi connectivity index (χ0n) is 12.2. The zero-order chi connectivity index (χ0) is 15.6. The van der Waals surface area contributed by atoms with Crippen LogP contribution >= 0.6 is 0 Å². The standard InChI is InChI=1S/C15H18N2O4/c1-9-7-12(10(2)21-9)15(3,20)8-17-14(19)11-5-4-6-16-13(11)18/h4-7,20H,8H2,1-3H3,(H,16,18)(H,17,19). The number of aliphatic hydroxyl groups is 1. The van der Waals surface area contributed by atoms with Crippen molar-refractivity contribution in [1.29, 1.82) is 0 Å². The van der Waals surface area contributed by atoms with Crippen molar-refractivity contribution >= 4 is 5.91 Å². The number of aryl methyl sites for hydroxylation is 2. The summed E-state index contributed by atoms with van der Waals surface area (Å²) in [6, 6.07) is 4.73. The number of carbonyl (C=O) groups excluding carboxylic acids is 1. The molecule has 0 aliphatic rings. The summed E-state index contributed by atoms with van der Waals surface area (Å²) in [6.07, 6.45) is 1.45. The van der Waals surface area contributed by atoms with Crippen molar-refractivity contribution in [1.82, 2.24) is 10.3 Å². The third-order valence-corrected chi connectivity index (χ3v) is 3.28. The molecule has 3 N–H and O–H groups in total. The second-order valence-corrected chi connectivity index (χ2v) is 5.20. The molecule has 0 fully saturated rings. The molecule has 0 saturated carbocycles. The second kappa shape index (κ2) is 5.57. The summed E-state index contributed by atoms with van der Waals surface area (Å²) in [6.45, 7) is 5.09. The maximum absolute atomic E-state index is 12.0. The van der Waals surface area contributed by atoms with E-state index in [0.29, 0.717) is 17.1 Å². The average molecular weight is 290 g/mol. The van der Waals surface area contributed by atoms with Gasteiger partial charge in [0.2, 0.25) is 0 Å². The van der Waals surface area contributed by atoms with Crippen LogP contribution in [0.5, 0.6) is 0 Å². The molecule has 0 saturated heterocycles. The van der Waals surface area contributed by atoms with Crippen molar-refractivity contribution in [2.45, 2.75) is 26.4 Å². The van der Waals surface area contributed by atoms with Crippen molar-refractivity contribution in [3.63, 3.8) is 0 Å². The lowest BCUT2D eigenvalue weighted by atomic mass is 9.96.